The van der Waals surface area contributed by atoms with Crippen LogP contribution in [-0.4, -0.2) is 19.8 Å². The molecule has 4 heteroatoms. The Bertz CT molecular complexity index is 621. The molecule has 0 aromatic heterocycles. The van der Waals surface area contributed by atoms with Gasteiger partial charge in [0.2, 0.25) is 6.08 Å². The van der Waals surface area contributed by atoms with Crippen molar-refractivity contribution >= 4 is 6.08 Å². The number of methoxy groups -OCH3 is 1. The number of rotatable bonds is 8. The number of hydrogen-bond acceptors (Lipinski definition) is 4. The fourth-order valence-corrected chi connectivity index (χ4v) is 2.19. The number of nitrogens with zero attached hydrogens (tertiary/aromatic N) is 1. The first-order valence-corrected chi connectivity index (χ1v) is 7.16. The third-order valence-electron chi connectivity index (χ3n) is 3.33. The van der Waals surface area contributed by atoms with Gasteiger partial charge in [-0.05, 0) is 29.7 Å². The molecule has 2 rings (SSSR count). The summed E-state index contributed by atoms with van der Waals surface area (Å²) in [6, 6.07) is 17.3. The maximum absolute atomic E-state index is 10.6. The maximum Gasteiger partial charge on any atom is 0.235 e. The molecule has 4 nitrogen and oxygen atoms in total. The molecule has 2 aromatic rings. The summed E-state index contributed by atoms with van der Waals surface area (Å²) in [6.07, 6.45) is 2.28. The Balaban J connectivity index is 1.84. The van der Waals surface area contributed by atoms with Crippen molar-refractivity contribution in [1.82, 2.24) is 0 Å². The van der Waals surface area contributed by atoms with Gasteiger partial charge in [-0.1, -0.05) is 42.5 Å². The Kier molecular flexibility index (Phi) is 6.37. The number of hydrogen-bond donors (Lipinski definition) is 0. The van der Waals surface area contributed by atoms with Gasteiger partial charge in [0, 0.05) is 6.61 Å². The molecule has 0 N–H and O–H groups in total. The van der Waals surface area contributed by atoms with Crippen LogP contribution in [0.1, 0.15) is 23.6 Å². The highest BCUT2D eigenvalue weighted by atomic mass is 16.5. The second-order valence-corrected chi connectivity index (χ2v) is 4.84. The van der Waals surface area contributed by atoms with Gasteiger partial charge in [-0.15, -0.1) is 0 Å². The monoisotopic (exact) mass is 297 g/mol. The van der Waals surface area contributed by atoms with Crippen LogP contribution in [0.5, 0.6) is 5.75 Å². The van der Waals surface area contributed by atoms with Crippen molar-refractivity contribution in [1.29, 1.82) is 0 Å². The van der Waals surface area contributed by atoms with Gasteiger partial charge in [-0.25, -0.2) is 4.79 Å². The Morgan fingerprint density at radius 2 is 1.95 bits per heavy atom. The topological polar surface area (TPSA) is 47.9 Å². The lowest BCUT2D eigenvalue weighted by atomic mass is 10.1. The van der Waals surface area contributed by atoms with Crippen LogP contribution >= 0.6 is 0 Å². The van der Waals surface area contributed by atoms with Crippen LogP contribution in [0.3, 0.4) is 0 Å². The predicted molar refractivity (Wildman–Crippen MR) is 84.6 cm³/mol. The van der Waals surface area contributed by atoms with E-state index in [0.29, 0.717) is 19.6 Å². The minimum atomic E-state index is -0.205. The van der Waals surface area contributed by atoms with Gasteiger partial charge in [0.15, 0.2) is 0 Å². The molecule has 0 saturated carbocycles. The number of aliphatic imine (C=N–C) groups is 1. The molecule has 0 bridgehead atoms. The van der Waals surface area contributed by atoms with Crippen LogP contribution in [0.2, 0.25) is 0 Å². The zero-order valence-electron chi connectivity index (χ0n) is 12.6. The summed E-state index contributed by atoms with van der Waals surface area (Å²) >= 11 is 0. The molecule has 0 fully saturated rings. The highest BCUT2D eigenvalue weighted by Gasteiger charge is 2.09. The first kappa shape index (κ1) is 16.0. The van der Waals surface area contributed by atoms with Gasteiger partial charge in [0.1, 0.15) is 5.75 Å². The summed E-state index contributed by atoms with van der Waals surface area (Å²) in [4.78, 5) is 14.4. The molecule has 0 saturated heterocycles. The molecule has 0 aliphatic rings. The molecule has 114 valence electrons. The van der Waals surface area contributed by atoms with Crippen LogP contribution in [0.4, 0.5) is 0 Å². The first-order chi connectivity index (χ1) is 10.8. The van der Waals surface area contributed by atoms with Crippen LogP contribution in [0.25, 0.3) is 0 Å². The van der Waals surface area contributed by atoms with Crippen LogP contribution in [0.15, 0.2) is 59.6 Å². The first-order valence-electron chi connectivity index (χ1n) is 7.16. The zero-order valence-corrected chi connectivity index (χ0v) is 12.6. The summed E-state index contributed by atoms with van der Waals surface area (Å²) in [7, 11) is 1.64. The van der Waals surface area contributed by atoms with Crippen LogP contribution < -0.4 is 4.74 Å². The standard InChI is InChI=1S/C18H19NO3/c1-21-17-9-5-6-15(12-17)13-22-11-10-18(19-14-20)16-7-3-2-4-8-16/h2-9,12,18H,10-11,13H2,1H3. The van der Waals surface area contributed by atoms with E-state index in [1.165, 1.54) is 0 Å². The summed E-state index contributed by atoms with van der Waals surface area (Å²) in [5.74, 6) is 0.814. The van der Waals surface area contributed by atoms with E-state index in [1.54, 1.807) is 13.2 Å². The van der Waals surface area contributed by atoms with Gasteiger partial charge in [-0.2, -0.15) is 4.99 Å². The third-order valence-corrected chi connectivity index (χ3v) is 3.33. The van der Waals surface area contributed by atoms with E-state index >= 15 is 0 Å². The highest BCUT2D eigenvalue weighted by molar-refractivity contribution is 5.35. The fraction of sp³-hybridized carbons (Fsp3) is 0.278. The molecular formula is C18H19NO3. The summed E-state index contributed by atoms with van der Waals surface area (Å²) in [5, 5.41) is 0. The number of isocyanates is 1. The van der Waals surface area contributed by atoms with Crippen molar-refractivity contribution in [2.75, 3.05) is 13.7 Å². The van der Waals surface area contributed by atoms with Gasteiger partial charge in [0.05, 0.1) is 19.8 Å². The Morgan fingerprint density at radius 3 is 2.68 bits per heavy atom. The largest absolute Gasteiger partial charge is 0.497 e. The van der Waals surface area contributed by atoms with E-state index in [4.69, 9.17) is 9.47 Å². The molecule has 0 radical (unpaired) electrons. The van der Waals surface area contributed by atoms with Crippen molar-refractivity contribution in [3.8, 4) is 5.75 Å². The lowest BCUT2D eigenvalue weighted by Crippen LogP contribution is -2.02. The van der Waals surface area contributed by atoms with Gasteiger partial charge in [-0.3, -0.25) is 0 Å². The molecular weight excluding hydrogens is 278 g/mol. The lowest BCUT2D eigenvalue weighted by Gasteiger charge is -2.11. The van der Waals surface area contributed by atoms with E-state index in [2.05, 4.69) is 4.99 Å². The van der Waals surface area contributed by atoms with Crippen molar-refractivity contribution in [3.05, 3.63) is 65.7 Å². The van der Waals surface area contributed by atoms with Gasteiger partial charge >= 0.3 is 0 Å². The van der Waals surface area contributed by atoms with E-state index in [1.807, 2.05) is 54.6 Å². The zero-order chi connectivity index (χ0) is 15.6. The van der Waals surface area contributed by atoms with E-state index in [0.717, 1.165) is 16.9 Å². The molecule has 2 aromatic carbocycles. The fourth-order valence-electron chi connectivity index (χ4n) is 2.19. The smallest absolute Gasteiger partial charge is 0.235 e. The maximum atomic E-state index is 10.6. The molecule has 1 unspecified atom stereocenters. The second-order valence-electron chi connectivity index (χ2n) is 4.84. The molecule has 0 aliphatic carbocycles. The SMILES string of the molecule is COc1cccc(COCCC(N=C=O)c2ccccc2)c1. The average molecular weight is 297 g/mol. The van der Waals surface area contributed by atoms with Crippen molar-refractivity contribution in [3.63, 3.8) is 0 Å². The third kappa shape index (κ3) is 4.85. The number of benzene rings is 2. The van der Waals surface area contributed by atoms with Crippen LogP contribution in [0, 0.1) is 0 Å². The highest BCUT2D eigenvalue weighted by Crippen LogP contribution is 2.21. The molecule has 0 spiro atoms. The molecule has 0 aliphatic heterocycles. The minimum Gasteiger partial charge on any atom is -0.497 e. The van der Waals surface area contributed by atoms with Gasteiger partial charge < -0.3 is 9.47 Å². The quantitative estimate of drug-likeness (QED) is 0.424. The lowest BCUT2D eigenvalue weighted by molar-refractivity contribution is 0.114. The van der Waals surface area contributed by atoms with Crippen molar-refractivity contribution in [2.24, 2.45) is 4.99 Å². The van der Waals surface area contributed by atoms with Crippen LogP contribution in [-0.2, 0) is 16.1 Å². The average Bonchev–Trinajstić information content (AvgIpc) is 2.58. The van der Waals surface area contributed by atoms with E-state index in [9.17, 15) is 4.79 Å². The number of ether oxygens (including phenoxy) is 2. The van der Waals surface area contributed by atoms with E-state index in [-0.39, 0.29) is 6.04 Å². The summed E-state index contributed by atoms with van der Waals surface area (Å²) in [5.41, 5.74) is 2.05. The molecule has 0 heterocycles. The van der Waals surface area contributed by atoms with E-state index < -0.39 is 0 Å². The molecule has 1 atom stereocenters. The summed E-state index contributed by atoms with van der Waals surface area (Å²) < 4.78 is 10.8. The van der Waals surface area contributed by atoms with Gasteiger partial charge in [0.25, 0.3) is 0 Å². The second kappa shape index (κ2) is 8.78. The van der Waals surface area contributed by atoms with Crippen molar-refractivity contribution < 1.29 is 14.3 Å². The number of carbonyl (C=O) groups excluding carboxylic acids is 1. The Morgan fingerprint density at radius 1 is 1.14 bits per heavy atom. The normalized spacial score (nSPS) is 11.5. The Labute approximate surface area is 130 Å². The molecule has 22 heavy (non-hydrogen) atoms. The molecule has 0 amide bonds. The predicted octanol–water partition coefficient (Wildman–Crippen LogP) is 3.68. The minimum absolute atomic E-state index is 0.205. The Hall–Kier alpha value is -2.42. The summed E-state index contributed by atoms with van der Waals surface area (Å²) in [6.45, 7) is 1.02. The van der Waals surface area contributed by atoms with Crippen molar-refractivity contribution in [2.45, 2.75) is 19.1 Å².